The predicted octanol–water partition coefficient (Wildman–Crippen LogP) is 10.4. The highest BCUT2D eigenvalue weighted by Crippen LogP contribution is 2.53. The number of hydrogen-bond donors (Lipinski definition) is 0. The molecule has 5 aliphatic rings. The van der Waals surface area contributed by atoms with Crippen molar-refractivity contribution in [2.24, 2.45) is 5.92 Å². The molecule has 242 valence electrons. The van der Waals surface area contributed by atoms with Crippen LogP contribution in [0.3, 0.4) is 0 Å². The van der Waals surface area contributed by atoms with E-state index in [1.165, 1.54) is 91.9 Å². The average molecular weight is 663 g/mol. The Morgan fingerprint density at radius 1 is 0.740 bits per heavy atom. The van der Waals surface area contributed by atoms with E-state index in [2.05, 4.69) is 152 Å². The minimum atomic E-state index is -0.154. The monoisotopic (exact) mass is 662 g/mol. The highest BCUT2D eigenvalue weighted by Gasteiger charge is 2.53. The number of anilines is 5. The number of fused-ring (bicyclic) bond motifs is 7. The first-order valence-corrected chi connectivity index (χ1v) is 19.2. The minimum absolute atomic E-state index is 0.154. The Bertz CT molecular complexity index is 2410. The number of nitrogens with zero attached hydrogens (tertiary/aromatic N) is 2. The third-order valence-electron chi connectivity index (χ3n) is 12.7. The maximum absolute atomic E-state index is 2.76. The molecule has 4 heteroatoms. The van der Waals surface area contributed by atoms with Crippen molar-refractivity contribution in [1.82, 2.24) is 0 Å². The van der Waals surface area contributed by atoms with Crippen molar-refractivity contribution in [3.05, 3.63) is 160 Å². The van der Waals surface area contributed by atoms with Crippen LogP contribution in [0.15, 0.2) is 138 Å². The molecule has 2 unspecified atom stereocenters. The first-order valence-electron chi connectivity index (χ1n) is 18.4. The van der Waals surface area contributed by atoms with Gasteiger partial charge in [0, 0.05) is 44.5 Å². The summed E-state index contributed by atoms with van der Waals surface area (Å²) >= 11 is 2.05. The van der Waals surface area contributed by atoms with Gasteiger partial charge in [0.25, 0.3) is 6.71 Å². The van der Waals surface area contributed by atoms with Crippen molar-refractivity contribution >= 4 is 66.8 Å². The summed E-state index contributed by atoms with van der Waals surface area (Å²) in [6, 6.07) is 43.7. The van der Waals surface area contributed by atoms with Gasteiger partial charge in [-0.3, -0.25) is 0 Å². The van der Waals surface area contributed by atoms with Crippen LogP contribution in [-0.4, -0.2) is 12.8 Å². The second-order valence-corrected chi connectivity index (χ2v) is 16.7. The second kappa shape index (κ2) is 10.4. The predicted molar refractivity (Wildman–Crippen MR) is 213 cm³/mol. The number of hydrogen-bond acceptors (Lipinski definition) is 3. The van der Waals surface area contributed by atoms with E-state index in [1.807, 2.05) is 11.3 Å². The van der Waals surface area contributed by atoms with E-state index in [1.54, 1.807) is 21.4 Å². The van der Waals surface area contributed by atoms with Crippen LogP contribution in [0.1, 0.15) is 55.9 Å². The van der Waals surface area contributed by atoms with Gasteiger partial charge in [0.1, 0.15) is 0 Å². The summed E-state index contributed by atoms with van der Waals surface area (Å²) in [4.78, 5) is 5.17. The zero-order chi connectivity index (χ0) is 33.3. The molecule has 3 heterocycles. The van der Waals surface area contributed by atoms with Crippen molar-refractivity contribution < 1.29 is 0 Å². The Hall–Kier alpha value is -4.80. The Balaban J connectivity index is 1.15. The van der Waals surface area contributed by atoms with Crippen molar-refractivity contribution in [3.8, 4) is 0 Å². The smallest absolute Gasteiger partial charge is 0.255 e. The van der Waals surface area contributed by atoms with Gasteiger partial charge in [0.05, 0.1) is 6.04 Å². The topological polar surface area (TPSA) is 6.48 Å². The van der Waals surface area contributed by atoms with E-state index in [9.17, 15) is 0 Å². The van der Waals surface area contributed by atoms with Crippen LogP contribution < -0.4 is 20.0 Å². The van der Waals surface area contributed by atoms with E-state index < -0.39 is 0 Å². The molecule has 0 saturated heterocycles. The molecule has 5 aromatic carbocycles. The molecule has 2 nitrogen and oxygen atoms in total. The van der Waals surface area contributed by atoms with Gasteiger partial charge in [-0.05, 0) is 130 Å². The van der Waals surface area contributed by atoms with Crippen LogP contribution in [0.25, 0.3) is 10.1 Å². The van der Waals surface area contributed by atoms with Crippen molar-refractivity contribution in [1.29, 1.82) is 0 Å². The fraction of sp³-hybridized carbons (Fsp3) is 0.217. The Labute approximate surface area is 299 Å². The van der Waals surface area contributed by atoms with Gasteiger partial charge in [0.15, 0.2) is 0 Å². The average Bonchev–Trinajstić information content (AvgIpc) is 3.50. The number of benzene rings is 5. The van der Waals surface area contributed by atoms with Gasteiger partial charge in [-0.15, -0.1) is 11.3 Å². The second-order valence-electron chi connectivity index (χ2n) is 15.6. The molecule has 0 spiro atoms. The number of aryl methyl sites for hydroxylation is 2. The number of para-hydroxylation sites is 2. The largest absolute Gasteiger partial charge is 0.335 e. The quantitative estimate of drug-likeness (QED) is 0.173. The highest BCUT2D eigenvalue weighted by molar-refractivity contribution is 7.32. The fourth-order valence-electron chi connectivity index (χ4n) is 10.2. The normalized spacial score (nSPS) is 20.5. The third-order valence-corrected chi connectivity index (χ3v) is 13.9. The van der Waals surface area contributed by atoms with Crippen LogP contribution in [0.4, 0.5) is 28.4 Å². The van der Waals surface area contributed by atoms with Crippen molar-refractivity contribution in [2.75, 3.05) is 9.80 Å². The third kappa shape index (κ3) is 3.86. The van der Waals surface area contributed by atoms with Gasteiger partial charge in [0.2, 0.25) is 0 Å². The number of thiophene rings is 1. The Kier molecular flexibility index (Phi) is 6.01. The molecule has 50 heavy (non-hydrogen) atoms. The summed E-state index contributed by atoms with van der Waals surface area (Å²) in [5.74, 6) is 0.492. The van der Waals surface area contributed by atoms with Crippen LogP contribution in [0.5, 0.6) is 0 Å². The lowest BCUT2D eigenvalue weighted by Crippen LogP contribution is -2.64. The van der Waals surface area contributed by atoms with Crippen LogP contribution >= 0.6 is 11.3 Å². The lowest BCUT2D eigenvalue weighted by Gasteiger charge is -2.53. The van der Waals surface area contributed by atoms with Crippen LogP contribution in [-0.2, 0) is 18.3 Å². The Morgan fingerprint density at radius 3 is 2.18 bits per heavy atom. The van der Waals surface area contributed by atoms with E-state index in [0.29, 0.717) is 12.0 Å². The van der Waals surface area contributed by atoms with E-state index in [-0.39, 0.29) is 12.1 Å². The molecular weight excluding hydrogens is 623 g/mol. The van der Waals surface area contributed by atoms with Crippen molar-refractivity contribution in [3.63, 3.8) is 0 Å². The number of rotatable bonds is 4. The van der Waals surface area contributed by atoms with E-state index >= 15 is 0 Å². The van der Waals surface area contributed by atoms with Gasteiger partial charge in [-0.1, -0.05) is 92.5 Å². The Morgan fingerprint density at radius 2 is 1.50 bits per heavy atom. The summed E-state index contributed by atoms with van der Waals surface area (Å²) in [6.07, 6.45) is 7.55. The summed E-state index contributed by atoms with van der Waals surface area (Å²) in [7, 11) is 0. The molecule has 6 aromatic rings. The molecule has 2 atom stereocenters. The van der Waals surface area contributed by atoms with Gasteiger partial charge < -0.3 is 9.80 Å². The van der Waals surface area contributed by atoms with E-state index in [4.69, 9.17) is 0 Å². The summed E-state index contributed by atoms with van der Waals surface area (Å²) in [5, 5.41) is 1.40. The van der Waals surface area contributed by atoms with Gasteiger partial charge >= 0.3 is 0 Å². The summed E-state index contributed by atoms with van der Waals surface area (Å²) in [6.45, 7) is 7.75. The molecule has 1 aromatic heterocycles. The molecule has 11 rings (SSSR count). The first kappa shape index (κ1) is 29.0. The van der Waals surface area contributed by atoms with Crippen LogP contribution in [0.2, 0.25) is 0 Å². The fourth-order valence-corrected chi connectivity index (χ4v) is 11.6. The molecule has 0 bridgehead atoms. The van der Waals surface area contributed by atoms with Crippen molar-refractivity contribution in [2.45, 2.75) is 57.9 Å². The van der Waals surface area contributed by atoms with Crippen LogP contribution in [0, 0.1) is 5.92 Å². The zero-order valence-electron chi connectivity index (χ0n) is 28.9. The molecule has 3 aliphatic carbocycles. The van der Waals surface area contributed by atoms with Gasteiger partial charge in [-0.25, -0.2) is 0 Å². The SMILES string of the molecule is CC1C2=C(C=C3B4c5sc6ccc(N(c7ccccc7)c7ccccc7)cc6c5C(C)(C)c5cccc(c54)N(c4ccc5c(c4)CC5)C31)CC2. The van der Waals surface area contributed by atoms with E-state index in [0.717, 1.165) is 0 Å². The molecule has 0 amide bonds. The molecule has 0 radical (unpaired) electrons. The standard InChI is InChI=1S/C46H39BN2S/c1-28-36-23-20-31(36)26-39-44(28)49(34-21-19-29-17-18-30(29)25-34)40-16-10-15-38-43(40)47(39)45-42(46(38,2)3)37-27-35(22-24-41(37)50-45)48(32-11-6-4-7-12-32)33-13-8-5-9-14-33/h4-16,19,21-22,24-28,44H,17-18,20,23H2,1-3H3. The maximum atomic E-state index is 2.76. The lowest BCUT2D eigenvalue weighted by molar-refractivity contribution is 0.509. The highest BCUT2D eigenvalue weighted by atomic mass is 32.1. The molecular formula is C46H39BN2S. The first-order chi connectivity index (χ1) is 24.5. The minimum Gasteiger partial charge on any atom is -0.335 e. The molecule has 0 N–H and O–H groups in total. The summed E-state index contributed by atoms with van der Waals surface area (Å²) in [5.41, 5.74) is 18.7. The number of allylic oxidation sites excluding steroid dienone is 2. The maximum Gasteiger partial charge on any atom is 0.255 e. The molecule has 0 fully saturated rings. The molecule has 0 saturated carbocycles. The van der Waals surface area contributed by atoms with Gasteiger partial charge in [-0.2, -0.15) is 0 Å². The summed E-state index contributed by atoms with van der Waals surface area (Å²) < 4.78 is 2.94. The zero-order valence-corrected chi connectivity index (χ0v) is 29.7. The lowest BCUT2D eigenvalue weighted by atomic mass is 9.30. The molecule has 2 aliphatic heterocycles.